The molecule has 32 heavy (non-hydrogen) atoms. The molecular formula is C26H30ClN3O2. The van der Waals surface area contributed by atoms with Gasteiger partial charge in [-0.2, -0.15) is 0 Å². The Labute approximate surface area is 194 Å². The van der Waals surface area contributed by atoms with Crippen molar-refractivity contribution in [2.45, 2.75) is 51.7 Å². The quantitative estimate of drug-likeness (QED) is 0.505. The number of aromatic nitrogens is 1. The van der Waals surface area contributed by atoms with Gasteiger partial charge in [0.25, 0.3) is 0 Å². The minimum atomic E-state index is -0.837. The topological polar surface area (TPSA) is 56.7 Å². The van der Waals surface area contributed by atoms with Gasteiger partial charge in [-0.25, -0.2) is 4.79 Å². The Balaban J connectivity index is 1.54. The molecule has 168 valence electrons. The largest absolute Gasteiger partial charge is 0.465 e. The van der Waals surface area contributed by atoms with Gasteiger partial charge < -0.3 is 10.0 Å². The molecule has 1 saturated heterocycles. The van der Waals surface area contributed by atoms with Gasteiger partial charge in [0.1, 0.15) is 0 Å². The molecule has 5 nitrogen and oxygen atoms in total. The van der Waals surface area contributed by atoms with Crippen molar-refractivity contribution in [1.29, 1.82) is 0 Å². The van der Waals surface area contributed by atoms with Gasteiger partial charge in [0, 0.05) is 59.6 Å². The molecular weight excluding hydrogens is 422 g/mol. The molecule has 1 amide bonds. The SMILES string of the molecule is CC(C)(C)N(C(=O)O)C1CCN(Cc2cc3c(-c4ccccc4)cncc3cc2Cl)CC1. The second-order valence-corrected chi connectivity index (χ2v) is 9.96. The number of carbonyl (C=O) groups is 1. The van der Waals surface area contributed by atoms with Crippen molar-refractivity contribution in [1.82, 2.24) is 14.8 Å². The van der Waals surface area contributed by atoms with Crippen molar-refractivity contribution in [3.05, 3.63) is 65.4 Å². The van der Waals surface area contributed by atoms with Crippen LogP contribution in [0.15, 0.2) is 54.9 Å². The van der Waals surface area contributed by atoms with E-state index in [0.29, 0.717) is 0 Å². The number of rotatable bonds is 4. The van der Waals surface area contributed by atoms with E-state index in [1.807, 2.05) is 57.4 Å². The van der Waals surface area contributed by atoms with Crippen molar-refractivity contribution in [3.8, 4) is 11.1 Å². The fourth-order valence-corrected chi connectivity index (χ4v) is 5.00. The van der Waals surface area contributed by atoms with Gasteiger partial charge in [-0.3, -0.25) is 9.88 Å². The van der Waals surface area contributed by atoms with Crippen molar-refractivity contribution in [3.63, 3.8) is 0 Å². The van der Waals surface area contributed by atoms with Crippen LogP contribution < -0.4 is 0 Å². The predicted octanol–water partition coefficient (Wildman–Crippen LogP) is 6.30. The first-order chi connectivity index (χ1) is 15.2. The van der Waals surface area contributed by atoms with Crippen LogP contribution in [-0.4, -0.2) is 50.7 Å². The standard InChI is InChI=1S/C26H30ClN3O2/c1-26(2,3)30(25(31)32)21-9-11-29(12-10-21)17-20-13-22-19(14-24(20)27)15-28-16-23(22)18-7-5-4-6-8-18/h4-8,13-16,21H,9-12,17H2,1-3H3,(H,31,32). The van der Waals surface area contributed by atoms with E-state index in [1.165, 1.54) is 0 Å². The molecule has 1 aliphatic rings. The van der Waals surface area contributed by atoms with Gasteiger partial charge in [0.2, 0.25) is 0 Å². The lowest BCUT2D eigenvalue weighted by Crippen LogP contribution is -2.54. The van der Waals surface area contributed by atoms with Crippen molar-refractivity contribution in [2.24, 2.45) is 0 Å². The van der Waals surface area contributed by atoms with Gasteiger partial charge in [-0.1, -0.05) is 41.9 Å². The molecule has 0 bridgehead atoms. The van der Waals surface area contributed by atoms with Crippen molar-refractivity contribution < 1.29 is 9.90 Å². The molecule has 0 saturated carbocycles. The van der Waals surface area contributed by atoms with Crippen molar-refractivity contribution >= 4 is 28.5 Å². The summed E-state index contributed by atoms with van der Waals surface area (Å²) in [5.74, 6) is 0. The number of pyridine rings is 1. The van der Waals surface area contributed by atoms with E-state index in [4.69, 9.17) is 11.6 Å². The summed E-state index contributed by atoms with van der Waals surface area (Å²) in [5, 5.41) is 12.6. The van der Waals surface area contributed by atoms with E-state index in [0.717, 1.165) is 65.0 Å². The molecule has 0 spiro atoms. The van der Waals surface area contributed by atoms with E-state index in [1.54, 1.807) is 4.90 Å². The van der Waals surface area contributed by atoms with E-state index in [9.17, 15) is 9.90 Å². The average molecular weight is 452 g/mol. The number of carboxylic acid groups (broad SMARTS) is 1. The molecule has 0 unspecified atom stereocenters. The molecule has 0 radical (unpaired) electrons. The number of hydrogen-bond donors (Lipinski definition) is 1. The van der Waals surface area contributed by atoms with Crippen LogP contribution in [0.25, 0.3) is 21.9 Å². The van der Waals surface area contributed by atoms with Crippen LogP contribution in [0.4, 0.5) is 4.79 Å². The maximum absolute atomic E-state index is 11.8. The molecule has 1 fully saturated rings. The number of hydrogen-bond acceptors (Lipinski definition) is 3. The predicted molar refractivity (Wildman–Crippen MR) is 130 cm³/mol. The van der Waals surface area contributed by atoms with Crippen LogP contribution in [0.5, 0.6) is 0 Å². The molecule has 4 rings (SSSR count). The fraction of sp³-hybridized carbons (Fsp3) is 0.385. The van der Waals surface area contributed by atoms with Crippen LogP contribution in [0.3, 0.4) is 0 Å². The molecule has 2 heterocycles. The smallest absolute Gasteiger partial charge is 0.407 e. The number of benzene rings is 2. The second kappa shape index (κ2) is 9.08. The highest BCUT2D eigenvalue weighted by Crippen LogP contribution is 2.33. The summed E-state index contributed by atoms with van der Waals surface area (Å²) in [6, 6.07) is 14.5. The molecule has 1 aliphatic heterocycles. The minimum Gasteiger partial charge on any atom is -0.465 e. The monoisotopic (exact) mass is 451 g/mol. The second-order valence-electron chi connectivity index (χ2n) is 9.55. The number of nitrogens with zero attached hydrogens (tertiary/aromatic N) is 3. The average Bonchev–Trinajstić information content (AvgIpc) is 2.74. The highest BCUT2D eigenvalue weighted by molar-refractivity contribution is 6.32. The van der Waals surface area contributed by atoms with Crippen LogP contribution >= 0.6 is 11.6 Å². The summed E-state index contributed by atoms with van der Waals surface area (Å²) in [5.41, 5.74) is 2.92. The number of piperidine rings is 1. The molecule has 6 heteroatoms. The summed E-state index contributed by atoms with van der Waals surface area (Å²) in [6.07, 6.45) is 4.58. The highest BCUT2D eigenvalue weighted by atomic mass is 35.5. The molecule has 1 N–H and O–H groups in total. The molecule has 0 atom stereocenters. The lowest BCUT2D eigenvalue weighted by atomic mass is 9.96. The summed E-state index contributed by atoms with van der Waals surface area (Å²) >= 11 is 6.66. The van der Waals surface area contributed by atoms with Crippen molar-refractivity contribution in [2.75, 3.05) is 13.1 Å². The van der Waals surface area contributed by atoms with E-state index in [-0.39, 0.29) is 6.04 Å². The Morgan fingerprint density at radius 2 is 1.84 bits per heavy atom. The third-order valence-electron chi connectivity index (χ3n) is 6.26. The van der Waals surface area contributed by atoms with Gasteiger partial charge in [-0.15, -0.1) is 0 Å². The van der Waals surface area contributed by atoms with E-state index < -0.39 is 11.6 Å². The third-order valence-corrected chi connectivity index (χ3v) is 6.61. The van der Waals surface area contributed by atoms with Crippen LogP contribution in [0.1, 0.15) is 39.2 Å². The van der Waals surface area contributed by atoms with Gasteiger partial charge in [-0.05, 0) is 62.3 Å². The summed E-state index contributed by atoms with van der Waals surface area (Å²) in [4.78, 5) is 20.2. The molecule has 3 aromatic rings. The van der Waals surface area contributed by atoms with Crippen LogP contribution in [0.2, 0.25) is 5.02 Å². The first-order valence-electron chi connectivity index (χ1n) is 11.1. The van der Waals surface area contributed by atoms with Gasteiger partial charge in [0.05, 0.1) is 0 Å². The maximum Gasteiger partial charge on any atom is 0.407 e. The van der Waals surface area contributed by atoms with Gasteiger partial charge >= 0.3 is 6.09 Å². The number of likely N-dealkylation sites (tertiary alicyclic amines) is 1. The first kappa shape index (κ1) is 22.6. The minimum absolute atomic E-state index is 0.0478. The molecule has 0 aliphatic carbocycles. The summed E-state index contributed by atoms with van der Waals surface area (Å²) < 4.78 is 0. The zero-order valence-corrected chi connectivity index (χ0v) is 19.6. The number of halogens is 1. The number of amides is 1. The Morgan fingerprint density at radius 3 is 2.47 bits per heavy atom. The first-order valence-corrected chi connectivity index (χ1v) is 11.5. The van der Waals surface area contributed by atoms with E-state index in [2.05, 4.69) is 28.1 Å². The third kappa shape index (κ3) is 4.74. The molecule has 1 aromatic heterocycles. The Kier molecular flexibility index (Phi) is 6.40. The maximum atomic E-state index is 11.8. The zero-order valence-electron chi connectivity index (χ0n) is 18.9. The Morgan fingerprint density at radius 1 is 1.16 bits per heavy atom. The normalized spacial score (nSPS) is 15.8. The lowest BCUT2D eigenvalue weighted by Gasteiger charge is -2.43. The fourth-order valence-electron chi connectivity index (χ4n) is 4.77. The van der Waals surface area contributed by atoms with Crippen LogP contribution in [-0.2, 0) is 6.54 Å². The summed E-state index contributed by atoms with van der Waals surface area (Å²) in [7, 11) is 0. The highest BCUT2D eigenvalue weighted by Gasteiger charge is 2.35. The lowest BCUT2D eigenvalue weighted by molar-refractivity contribution is 0.0409. The van der Waals surface area contributed by atoms with Crippen LogP contribution in [0, 0.1) is 0 Å². The Hall–Kier alpha value is -2.63. The van der Waals surface area contributed by atoms with E-state index >= 15 is 0 Å². The van der Waals surface area contributed by atoms with Gasteiger partial charge in [0.15, 0.2) is 0 Å². The Bertz CT molecular complexity index is 1100. The zero-order chi connectivity index (χ0) is 22.9. The summed E-state index contributed by atoms with van der Waals surface area (Å²) in [6.45, 7) is 8.33. The number of fused-ring (bicyclic) bond motifs is 1. The molecule has 2 aromatic carbocycles.